The first-order valence-electron chi connectivity index (χ1n) is 8.32. The van der Waals surface area contributed by atoms with Gasteiger partial charge >= 0.3 is 0 Å². The Morgan fingerprint density at radius 1 is 1.26 bits per heavy atom. The van der Waals surface area contributed by atoms with Crippen molar-refractivity contribution in [2.45, 2.75) is 38.8 Å². The van der Waals surface area contributed by atoms with Crippen molar-refractivity contribution in [3.05, 3.63) is 53.3 Å². The fourth-order valence-electron chi connectivity index (χ4n) is 3.13. The fraction of sp³-hybridized carbons (Fsp3) is 0.444. The molecule has 0 radical (unpaired) electrons. The van der Waals surface area contributed by atoms with E-state index in [0.29, 0.717) is 6.54 Å². The Labute approximate surface area is 137 Å². The number of piperidine rings is 1. The van der Waals surface area contributed by atoms with E-state index in [1.807, 2.05) is 27.8 Å². The molecule has 1 aliphatic rings. The number of carbonyl (C=O) groups excluding carboxylic acids is 1. The summed E-state index contributed by atoms with van der Waals surface area (Å²) in [6.07, 6.45) is 4.27. The molecular weight excluding hydrogens is 288 g/mol. The van der Waals surface area contributed by atoms with E-state index < -0.39 is 0 Å². The van der Waals surface area contributed by atoms with E-state index in [0.717, 1.165) is 43.6 Å². The van der Waals surface area contributed by atoms with Gasteiger partial charge in [-0.1, -0.05) is 37.3 Å². The maximum Gasteiger partial charge on any atom is 0.257 e. The third-order valence-corrected chi connectivity index (χ3v) is 4.52. The summed E-state index contributed by atoms with van der Waals surface area (Å²) in [6, 6.07) is 10.4. The van der Waals surface area contributed by atoms with Gasteiger partial charge in [-0.15, -0.1) is 0 Å². The van der Waals surface area contributed by atoms with Gasteiger partial charge in [0.05, 0.1) is 24.0 Å². The number of nitrogens with zero attached hydrogens (tertiary/aromatic N) is 3. The molecule has 5 nitrogen and oxygen atoms in total. The van der Waals surface area contributed by atoms with Crippen molar-refractivity contribution >= 4 is 5.91 Å². The summed E-state index contributed by atoms with van der Waals surface area (Å²) >= 11 is 0. The zero-order chi connectivity index (χ0) is 16.2. The van der Waals surface area contributed by atoms with Gasteiger partial charge in [-0.3, -0.25) is 9.48 Å². The van der Waals surface area contributed by atoms with Crippen LogP contribution in [0.4, 0.5) is 0 Å². The fourth-order valence-corrected chi connectivity index (χ4v) is 3.13. The largest absolute Gasteiger partial charge is 0.338 e. The summed E-state index contributed by atoms with van der Waals surface area (Å²) in [5.74, 6) is 0.0908. The molecule has 23 heavy (non-hydrogen) atoms. The minimum atomic E-state index is 0.0908. The van der Waals surface area contributed by atoms with Crippen LogP contribution in [-0.2, 0) is 13.0 Å². The van der Waals surface area contributed by atoms with Crippen molar-refractivity contribution in [2.24, 2.45) is 5.73 Å². The Morgan fingerprint density at radius 3 is 2.61 bits per heavy atom. The highest BCUT2D eigenvalue weighted by molar-refractivity contribution is 5.95. The Balaban J connectivity index is 1.79. The molecule has 122 valence electrons. The smallest absolute Gasteiger partial charge is 0.257 e. The van der Waals surface area contributed by atoms with Crippen molar-refractivity contribution in [1.29, 1.82) is 0 Å². The van der Waals surface area contributed by atoms with E-state index in [1.165, 1.54) is 5.56 Å². The second-order valence-corrected chi connectivity index (χ2v) is 6.13. The number of hydrogen-bond acceptors (Lipinski definition) is 3. The number of rotatable bonds is 4. The first-order valence-corrected chi connectivity index (χ1v) is 8.32. The molecule has 0 spiro atoms. The molecule has 0 unspecified atom stereocenters. The van der Waals surface area contributed by atoms with Gasteiger partial charge in [0.25, 0.3) is 5.91 Å². The van der Waals surface area contributed by atoms with Crippen LogP contribution >= 0.6 is 0 Å². The first-order chi connectivity index (χ1) is 11.2. The summed E-state index contributed by atoms with van der Waals surface area (Å²) in [4.78, 5) is 14.7. The van der Waals surface area contributed by atoms with E-state index in [-0.39, 0.29) is 11.9 Å². The third-order valence-electron chi connectivity index (χ3n) is 4.52. The third kappa shape index (κ3) is 3.45. The van der Waals surface area contributed by atoms with Gasteiger partial charge in [0, 0.05) is 19.1 Å². The van der Waals surface area contributed by atoms with Crippen molar-refractivity contribution in [3.63, 3.8) is 0 Å². The van der Waals surface area contributed by atoms with Crippen molar-refractivity contribution in [3.8, 4) is 0 Å². The normalized spacial score (nSPS) is 15.8. The highest BCUT2D eigenvalue weighted by Crippen LogP contribution is 2.17. The number of amides is 1. The van der Waals surface area contributed by atoms with E-state index in [2.05, 4.69) is 24.2 Å². The van der Waals surface area contributed by atoms with Gasteiger partial charge in [-0.05, 0) is 24.8 Å². The lowest BCUT2D eigenvalue weighted by Gasteiger charge is -2.30. The number of carbonyl (C=O) groups is 1. The van der Waals surface area contributed by atoms with Crippen molar-refractivity contribution < 1.29 is 4.79 Å². The summed E-state index contributed by atoms with van der Waals surface area (Å²) in [5, 5.41) is 4.46. The average molecular weight is 312 g/mol. The number of nitrogens with two attached hydrogens (primary N) is 1. The predicted octanol–water partition coefficient (Wildman–Crippen LogP) is 2.06. The van der Waals surface area contributed by atoms with Crippen LogP contribution in [0.15, 0.2) is 36.5 Å². The van der Waals surface area contributed by atoms with Crippen LogP contribution in [0.25, 0.3) is 0 Å². The Bertz CT molecular complexity index is 657. The Kier molecular flexibility index (Phi) is 4.76. The molecular formula is C18H24N4O. The second kappa shape index (κ2) is 6.96. The Hall–Kier alpha value is -2.14. The van der Waals surface area contributed by atoms with Crippen molar-refractivity contribution in [2.75, 3.05) is 13.1 Å². The minimum Gasteiger partial charge on any atom is -0.338 e. The summed E-state index contributed by atoms with van der Waals surface area (Å²) in [6.45, 7) is 4.25. The molecule has 3 rings (SSSR count). The van der Waals surface area contributed by atoms with Gasteiger partial charge in [-0.25, -0.2) is 0 Å². The number of aromatic nitrogens is 2. The monoisotopic (exact) mass is 312 g/mol. The van der Waals surface area contributed by atoms with Crippen LogP contribution in [-0.4, -0.2) is 39.7 Å². The number of hydrogen-bond donors (Lipinski definition) is 1. The van der Waals surface area contributed by atoms with Gasteiger partial charge in [0.15, 0.2) is 0 Å². The molecule has 5 heteroatoms. The molecule has 0 aliphatic carbocycles. The quantitative estimate of drug-likeness (QED) is 0.940. The zero-order valence-corrected chi connectivity index (χ0v) is 13.6. The average Bonchev–Trinajstić information content (AvgIpc) is 2.98. The second-order valence-electron chi connectivity index (χ2n) is 6.13. The van der Waals surface area contributed by atoms with Crippen LogP contribution < -0.4 is 5.73 Å². The predicted molar refractivity (Wildman–Crippen MR) is 90.3 cm³/mol. The van der Waals surface area contributed by atoms with Gasteiger partial charge in [0.1, 0.15) is 0 Å². The van der Waals surface area contributed by atoms with Crippen LogP contribution in [0.1, 0.15) is 41.4 Å². The van der Waals surface area contributed by atoms with E-state index in [9.17, 15) is 4.79 Å². The topological polar surface area (TPSA) is 64.2 Å². The molecule has 1 saturated heterocycles. The molecule has 1 aromatic heterocycles. The lowest BCUT2D eigenvalue weighted by Crippen LogP contribution is -2.43. The first kappa shape index (κ1) is 15.7. The molecule has 2 N–H and O–H groups in total. The van der Waals surface area contributed by atoms with Crippen LogP contribution in [0.2, 0.25) is 0 Å². The summed E-state index contributed by atoms with van der Waals surface area (Å²) < 4.78 is 1.94. The Morgan fingerprint density at radius 2 is 1.96 bits per heavy atom. The molecule has 0 bridgehead atoms. The summed E-state index contributed by atoms with van der Waals surface area (Å²) in [7, 11) is 0. The number of benzene rings is 1. The molecule has 1 fully saturated rings. The van der Waals surface area contributed by atoms with Crippen molar-refractivity contribution in [1.82, 2.24) is 14.7 Å². The highest BCUT2D eigenvalue weighted by Gasteiger charge is 2.25. The molecule has 0 atom stereocenters. The maximum atomic E-state index is 12.8. The van der Waals surface area contributed by atoms with Gasteiger partial charge < -0.3 is 10.6 Å². The van der Waals surface area contributed by atoms with E-state index in [1.54, 1.807) is 6.20 Å². The van der Waals surface area contributed by atoms with Crippen LogP contribution in [0, 0.1) is 0 Å². The molecule has 1 amide bonds. The number of likely N-dealkylation sites (tertiary alicyclic amines) is 1. The van der Waals surface area contributed by atoms with Gasteiger partial charge in [0.2, 0.25) is 0 Å². The standard InChI is InChI=1S/C18H24N4O/c1-2-17-16(18(23)21-10-8-15(19)9-11-21)12-20-22(17)13-14-6-4-3-5-7-14/h3-7,12,15H,2,8-11,13,19H2,1H3. The maximum absolute atomic E-state index is 12.8. The van der Waals surface area contributed by atoms with Crippen LogP contribution in [0.5, 0.6) is 0 Å². The van der Waals surface area contributed by atoms with Crippen LogP contribution in [0.3, 0.4) is 0 Å². The lowest BCUT2D eigenvalue weighted by atomic mass is 10.0. The van der Waals surface area contributed by atoms with E-state index >= 15 is 0 Å². The van der Waals surface area contributed by atoms with Gasteiger partial charge in [-0.2, -0.15) is 5.10 Å². The minimum absolute atomic E-state index is 0.0908. The molecule has 0 saturated carbocycles. The molecule has 2 heterocycles. The molecule has 2 aromatic rings. The summed E-state index contributed by atoms with van der Waals surface area (Å²) in [5.41, 5.74) is 8.86. The zero-order valence-electron chi connectivity index (χ0n) is 13.6. The lowest BCUT2D eigenvalue weighted by molar-refractivity contribution is 0.0713. The SMILES string of the molecule is CCc1c(C(=O)N2CCC(N)CC2)cnn1Cc1ccccc1. The molecule has 1 aliphatic heterocycles. The van der Waals surface area contributed by atoms with E-state index in [4.69, 9.17) is 5.73 Å². The highest BCUT2D eigenvalue weighted by atomic mass is 16.2. The molecule has 1 aromatic carbocycles.